The zero-order valence-electron chi connectivity index (χ0n) is 21.0. The molecule has 0 saturated heterocycles. The SMILES string of the molecule is CC[C@@H](O)CN(C(COS(=O)(=O)c1ccc(C)cc1)Cc1ccc(Cl)cc1)S(=O)(=O)c1ccc(C)cc1. The summed E-state index contributed by atoms with van der Waals surface area (Å²) >= 11 is 6.02. The van der Waals surface area contributed by atoms with Crippen LogP contribution in [0.5, 0.6) is 0 Å². The Balaban J connectivity index is 2.01. The highest BCUT2D eigenvalue weighted by Crippen LogP contribution is 2.24. The molecular formula is C27H32ClNO6S2. The summed E-state index contributed by atoms with van der Waals surface area (Å²) in [4.78, 5) is 0.0220. The monoisotopic (exact) mass is 565 g/mol. The number of hydrogen-bond donors (Lipinski definition) is 1. The quantitative estimate of drug-likeness (QED) is 0.318. The molecule has 0 bridgehead atoms. The fourth-order valence-electron chi connectivity index (χ4n) is 3.70. The van der Waals surface area contributed by atoms with E-state index in [1.54, 1.807) is 55.5 Å². The molecule has 37 heavy (non-hydrogen) atoms. The summed E-state index contributed by atoms with van der Waals surface area (Å²) in [6, 6.07) is 18.5. The van der Waals surface area contributed by atoms with E-state index in [0.717, 1.165) is 21.0 Å². The van der Waals surface area contributed by atoms with Crippen molar-refractivity contribution in [2.24, 2.45) is 0 Å². The number of aliphatic hydroxyl groups is 1. The molecule has 0 aromatic heterocycles. The van der Waals surface area contributed by atoms with Crippen LogP contribution in [0.3, 0.4) is 0 Å². The largest absolute Gasteiger partial charge is 0.392 e. The topological polar surface area (TPSA) is 101 Å². The van der Waals surface area contributed by atoms with Crippen molar-refractivity contribution in [2.45, 2.75) is 55.5 Å². The van der Waals surface area contributed by atoms with Gasteiger partial charge in [-0.3, -0.25) is 4.18 Å². The number of halogens is 1. The summed E-state index contributed by atoms with van der Waals surface area (Å²) in [6.45, 7) is 4.77. The highest BCUT2D eigenvalue weighted by Gasteiger charge is 2.34. The maximum Gasteiger partial charge on any atom is 0.297 e. The molecule has 1 unspecified atom stereocenters. The van der Waals surface area contributed by atoms with Gasteiger partial charge in [-0.25, -0.2) is 8.42 Å². The van der Waals surface area contributed by atoms with E-state index in [4.69, 9.17) is 15.8 Å². The van der Waals surface area contributed by atoms with Gasteiger partial charge >= 0.3 is 0 Å². The number of nitrogens with zero attached hydrogens (tertiary/aromatic N) is 1. The first-order chi connectivity index (χ1) is 17.4. The van der Waals surface area contributed by atoms with E-state index < -0.39 is 38.9 Å². The Morgan fingerprint density at radius 1 is 0.838 bits per heavy atom. The molecule has 0 spiro atoms. The van der Waals surface area contributed by atoms with Gasteiger partial charge < -0.3 is 5.11 Å². The fraction of sp³-hybridized carbons (Fsp3) is 0.333. The van der Waals surface area contributed by atoms with Crippen molar-refractivity contribution in [1.29, 1.82) is 0 Å². The van der Waals surface area contributed by atoms with Crippen LogP contribution in [0.2, 0.25) is 5.02 Å². The molecular weight excluding hydrogens is 534 g/mol. The minimum Gasteiger partial charge on any atom is -0.392 e. The van der Waals surface area contributed by atoms with Crippen LogP contribution < -0.4 is 0 Å². The minimum atomic E-state index is -4.16. The molecule has 0 radical (unpaired) electrons. The lowest BCUT2D eigenvalue weighted by atomic mass is 10.1. The molecule has 0 saturated carbocycles. The molecule has 10 heteroatoms. The maximum absolute atomic E-state index is 13.8. The minimum absolute atomic E-state index is 0.0233. The second-order valence-corrected chi connectivity index (χ2v) is 12.9. The normalized spacial score (nSPS) is 14.0. The van der Waals surface area contributed by atoms with E-state index in [2.05, 4.69) is 0 Å². The van der Waals surface area contributed by atoms with E-state index in [9.17, 15) is 21.9 Å². The number of hydrogen-bond acceptors (Lipinski definition) is 6. The van der Waals surface area contributed by atoms with Crippen LogP contribution >= 0.6 is 11.6 Å². The van der Waals surface area contributed by atoms with E-state index in [-0.39, 0.29) is 22.8 Å². The van der Waals surface area contributed by atoms with E-state index in [0.29, 0.717) is 11.4 Å². The third kappa shape index (κ3) is 7.86. The molecule has 3 aromatic rings. The van der Waals surface area contributed by atoms with Crippen LogP contribution in [-0.2, 0) is 30.7 Å². The van der Waals surface area contributed by atoms with Gasteiger partial charge in [0.1, 0.15) is 0 Å². The van der Waals surface area contributed by atoms with Crippen molar-refractivity contribution in [3.63, 3.8) is 0 Å². The smallest absolute Gasteiger partial charge is 0.297 e. The van der Waals surface area contributed by atoms with Crippen LogP contribution in [0.15, 0.2) is 82.6 Å². The molecule has 3 rings (SSSR count). The van der Waals surface area contributed by atoms with Gasteiger partial charge in [0.25, 0.3) is 10.1 Å². The van der Waals surface area contributed by atoms with Gasteiger partial charge in [0, 0.05) is 11.6 Å². The third-order valence-electron chi connectivity index (χ3n) is 6.01. The summed E-state index contributed by atoms with van der Waals surface area (Å²) in [5, 5.41) is 11.0. The molecule has 0 aliphatic rings. The summed E-state index contributed by atoms with van der Waals surface area (Å²) in [6.07, 6.45) is -0.500. The lowest BCUT2D eigenvalue weighted by Crippen LogP contribution is -2.48. The van der Waals surface area contributed by atoms with Crippen LogP contribution in [0.25, 0.3) is 0 Å². The Morgan fingerprint density at radius 2 is 1.35 bits per heavy atom. The molecule has 1 N–H and O–H groups in total. The first-order valence-electron chi connectivity index (χ1n) is 11.9. The van der Waals surface area contributed by atoms with Crippen LogP contribution in [-0.4, -0.2) is 51.5 Å². The number of benzene rings is 3. The van der Waals surface area contributed by atoms with Crippen LogP contribution in [0.1, 0.15) is 30.0 Å². The molecule has 2 atom stereocenters. The second kappa shape index (κ2) is 12.5. The molecule has 3 aromatic carbocycles. The molecule has 7 nitrogen and oxygen atoms in total. The zero-order valence-corrected chi connectivity index (χ0v) is 23.4. The standard InChI is InChI=1S/C27H32ClNO6S2/c1-4-25(30)18-29(36(31,32)26-13-5-20(2)6-14-26)24(17-22-9-11-23(28)12-10-22)19-35-37(33,34)27-15-7-21(3)8-16-27/h5-16,24-25,30H,4,17-19H2,1-3H3/t24?,25-/m1/s1. The third-order valence-corrected chi connectivity index (χ3v) is 9.49. The van der Waals surface area contributed by atoms with Crippen molar-refractivity contribution in [3.05, 3.63) is 94.5 Å². The summed E-state index contributed by atoms with van der Waals surface area (Å²) < 4.78 is 60.1. The van der Waals surface area contributed by atoms with Gasteiger partial charge in [-0.15, -0.1) is 0 Å². The lowest BCUT2D eigenvalue weighted by molar-refractivity contribution is 0.114. The predicted octanol–water partition coefficient (Wildman–Crippen LogP) is 4.74. The van der Waals surface area contributed by atoms with Gasteiger partial charge in [-0.1, -0.05) is 66.0 Å². The summed E-state index contributed by atoms with van der Waals surface area (Å²) in [5.41, 5.74) is 2.52. The second-order valence-electron chi connectivity index (χ2n) is 8.99. The highest BCUT2D eigenvalue weighted by atomic mass is 35.5. The van der Waals surface area contributed by atoms with Gasteiger partial charge in [-0.2, -0.15) is 12.7 Å². The molecule has 200 valence electrons. The Labute approximate surface area is 224 Å². The molecule has 0 aliphatic carbocycles. The Morgan fingerprint density at radius 3 is 1.86 bits per heavy atom. The Bertz CT molecular complexity index is 1370. The predicted molar refractivity (Wildman–Crippen MR) is 145 cm³/mol. The number of sulfonamides is 1. The van der Waals surface area contributed by atoms with Crippen molar-refractivity contribution in [1.82, 2.24) is 4.31 Å². The molecule has 0 heterocycles. The number of rotatable bonds is 12. The van der Waals surface area contributed by atoms with Crippen molar-refractivity contribution < 1.29 is 26.1 Å². The average Bonchev–Trinajstić information content (AvgIpc) is 2.86. The van der Waals surface area contributed by atoms with Crippen molar-refractivity contribution in [2.75, 3.05) is 13.2 Å². The molecule has 0 fully saturated rings. The van der Waals surface area contributed by atoms with Gasteiger partial charge in [0.2, 0.25) is 10.0 Å². The van der Waals surface area contributed by atoms with Gasteiger partial charge in [0.15, 0.2) is 0 Å². The number of aliphatic hydroxyl groups excluding tert-OH is 1. The van der Waals surface area contributed by atoms with E-state index in [1.807, 2.05) is 13.8 Å². The Kier molecular flexibility index (Phi) is 9.91. The average molecular weight is 566 g/mol. The maximum atomic E-state index is 13.8. The van der Waals surface area contributed by atoms with E-state index >= 15 is 0 Å². The van der Waals surface area contributed by atoms with Crippen molar-refractivity contribution >= 4 is 31.7 Å². The van der Waals surface area contributed by atoms with E-state index in [1.165, 1.54) is 24.3 Å². The molecule has 0 aliphatic heterocycles. The molecule has 0 amide bonds. The Hall–Kier alpha value is -2.27. The lowest BCUT2D eigenvalue weighted by Gasteiger charge is -2.32. The summed E-state index contributed by atoms with van der Waals surface area (Å²) in [7, 11) is -8.28. The van der Waals surface area contributed by atoms with Crippen LogP contribution in [0.4, 0.5) is 0 Å². The summed E-state index contributed by atoms with van der Waals surface area (Å²) in [5.74, 6) is 0. The highest BCUT2D eigenvalue weighted by molar-refractivity contribution is 7.89. The fourth-order valence-corrected chi connectivity index (χ4v) is 6.42. The van der Waals surface area contributed by atoms with Gasteiger partial charge in [0.05, 0.1) is 28.5 Å². The van der Waals surface area contributed by atoms with Crippen molar-refractivity contribution in [3.8, 4) is 0 Å². The zero-order chi connectivity index (χ0) is 27.2. The number of aryl methyl sites for hydroxylation is 2. The van der Waals surface area contributed by atoms with Gasteiger partial charge in [-0.05, 0) is 68.7 Å². The first-order valence-corrected chi connectivity index (χ1v) is 15.1. The van der Waals surface area contributed by atoms with Crippen LogP contribution in [0, 0.1) is 13.8 Å². The first kappa shape index (κ1) is 29.3.